The Morgan fingerprint density at radius 3 is 2.63 bits per heavy atom. The van der Waals surface area contributed by atoms with E-state index in [1.165, 1.54) is 24.0 Å². The second-order valence-corrected chi connectivity index (χ2v) is 10.6. The minimum absolute atomic E-state index is 0.303. The number of fused-ring (bicyclic) bond motifs is 3. The Kier molecular flexibility index (Phi) is 6.03. The van der Waals surface area contributed by atoms with Crippen LogP contribution in [0.15, 0.2) is 60.0 Å². The van der Waals surface area contributed by atoms with Crippen LogP contribution in [0.5, 0.6) is 0 Å². The number of nitrogens with zero attached hydrogens (tertiary/aromatic N) is 1. The van der Waals surface area contributed by atoms with E-state index in [0.29, 0.717) is 28.5 Å². The molecule has 1 aliphatic carbocycles. The second kappa shape index (κ2) is 8.56. The van der Waals surface area contributed by atoms with Crippen molar-refractivity contribution in [2.45, 2.75) is 62.3 Å². The Balaban J connectivity index is 1.54. The van der Waals surface area contributed by atoms with Gasteiger partial charge >= 0.3 is 0 Å². The Morgan fingerprint density at radius 2 is 1.93 bits per heavy atom. The van der Waals surface area contributed by atoms with Crippen LogP contribution >= 0.6 is 0 Å². The van der Waals surface area contributed by atoms with Gasteiger partial charge in [0.1, 0.15) is 0 Å². The maximum Gasteiger partial charge on any atom is 0.261 e. The Morgan fingerprint density at radius 1 is 1.17 bits per heavy atom. The summed E-state index contributed by atoms with van der Waals surface area (Å²) in [5, 5.41) is 0. The van der Waals surface area contributed by atoms with Crippen LogP contribution in [0, 0.1) is 0 Å². The van der Waals surface area contributed by atoms with Gasteiger partial charge in [-0.05, 0) is 85.0 Å². The first-order valence-corrected chi connectivity index (χ1v) is 12.5. The number of rotatable bonds is 6. The molecule has 30 heavy (non-hydrogen) atoms. The highest BCUT2D eigenvalue weighted by Crippen LogP contribution is 2.41. The fourth-order valence-corrected chi connectivity index (χ4v) is 6.11. The number of anilines is 1. The van der Waals surface area contributed by atoms with Crippen LogP contribution in [0.2, 0.25) is 0 Å². The summed E-state index contributed by atoms with van der Waals surface area (Å²) in [6, 6.07) is 13.9. The first-order chi connectivity index (χ1) is 14.4. The molecule has 5 heteroatoms. The molecule has 0 saturated carbocycles. The minimum atomic E-state index is -3.59. The molecule has 2 aromatic rings. The lowest BCUT2D eigenvalue weighted by atomic mass is 9.74. The summed E-state index contributed by atoms with van der Waals surface area (Å²) < 4.78 is 28.5. The van der Waals surface area contributed by atoms with Gasteiger partial charge in [0.05, 0.1) is 4.90 Å². The average molecular weight is 425 g/mol. The van der Waals surface area contributed by atoms with E-state index >= 15 is 0 Å². The zero-order valence-corrected chi connectivity index (χ0v) is 18.8. The maximum absolute atomic E-state index is 12.9. The molecule has 1 saturated heterocycles. The second-order valence-electron chi connectivity index (χ2n) is 8.88. The molecule has 0 spiro atoms. The van der Waals surface area contributed by atoms with Crippen LogP contribution in [0.25, 0.3) is 0 Å². The monoisotopic (exact) mass is 424 g/mol. The number of nitrogens with one attached hydrogen (secondary N) is 1. The summed E-state index contributed by atoms with van der Waals surface area (Å²) in [6.45, 7) is 10.2. The highest BCUT2D eigenvalue weighted by atomic mass is 32.2. The van der Waals surface area contributed by atoms with Crippen LogP contribution in [-0.2, 0) is 16.4 Å². The average Bonchev–Trinajstić information content (AvgIpc) is 2.73. The summed E-state index contributed by atoms with van der Waals surface area (Å²) in [5.74, 6) is 0.915. The molecule has 4 rings (SSSR count). The number of benzene rings is 2. The fraction of sp³-hybridized carbons (Fsp3) is 0.440. The number of hydrogen-bond donors (Lipinski definition) is 1. The number of likely N-dealkylation sites (tertiary alicyclic amines) is 1. The van der Waals surface area contributed by atoms with Crippen LogP contribution in [-0.4, -0.2) is 32.4 Å². The normalized spacial score (nSPS) is 21.7. The highest BCUT2D eigenvalue weighted by Gasteiger charge is 2.35. The molecule has 2 unspecified atom stereocenters. The standard InChI is InChI=1S/C25H32N2O2S/c1-4-15-27-16-5-6-24-23-13-10-21(17-20(23)9-14-25(24)27)26-30(28,29)22-11-7-19(8-12-22)18(2)3/h4,7-8,10-13,17-18,24-26H,1,5-6,9,14-16H2,2-3H3. The summed E-state index contributed by atoms with van der Waals surface area (Å²) >= 11 is 0. The number of sulfonamides is 1. The van der Waals surface area contributed by atoms with Gasteiger partial charge in [0.2, 0.25) is 0 Å². The molecule has 2 aromatic carbocycles. The predicted octanol–water partition coefficient (Wildman–Crippen LogP) is 5.29. The molecule has 2 atom stereocenters. The topological polar surface area (TPSA) is 49.4 Å². The third kappa shape index (κ3) is 4.19. The van der Waals surface area contributed by atoms with Crippen molar-refractivity contribution in [1.82, 2.24) is 4.90 Å². The largest absolute Gasteiger partial charge is 0.296 e. The molecule has 1 N–H and O–H groups in total. The molecule has 0 bridgehead atoms. The third-order valence-corrected chi connectivity index (χ3v) is 8.02. The predicted molar refractivity (Wildman–Crippen MR) is 124 cm³/mol. The first kappa shape index (κ1) is 21.1. The third-order valence-electron chi connectivity index (χ3n) is 6.62. The lowest BCUT2D eigenvalue weighted by Crippen LogP contribution is -2.46. The van der Waals surface area contributed by atoms with Gasteiger partial charge in [-0.1, -0.05) is 38.1 Å². The molecule has 1 aliphatic heterocycles. The van der Waals surface area contributed by atoms with E-state index < -0.39 is 10.0 Å². The van der Waals surface area contributed by atoms with Gasteiger partial charge in [0.15, 0.2) is 0 Å². The highest BCUT2D eigenvalue weighted by molar-refractivity contribution is 7.92. The summed E-state index contributed by atoms with van der Waals surface area (Å²) in [4.78, 5) is 2.86. The summed E-state index contributed by atoms with van der Waals surface area (Å²) in [6.07, 6.45) is 6.53. The van der Waals surface area contributed by atoms with Crippen molar-refractivity contribution in [3.8, 4) is 0 Å². The Labute approximate surface area is 181 Å². The maximum atomic E-state index is 12.9. The molecular weight excluding hydrogens is 392 g/mol. The fourth-order valence-electron chi connectivity index (χ4n) is 5.06. The lowest BCUT2D eigenvalue weighted by Gasteiger charge is -2.44. The van der Waals surface area contributed by atoms with Gasteiger partial charge in [-0.3, -0.25) is 9.62 Å². The van der Waals surface area contributed by atoms with Gasteiger partial charge in [-0.2, -0.15) is 0 Å². The summed E-state index contributed by atoms with van der Waals surface area (Å²) in [5.41, 5.74) is 4.46. The van der Waals surface area contributed by atoms with Crippen LogP contribution in [0.4, 0.5) is 5.69 Å². The van der Waals surface area contributed by atoms with Crippen molar-refractivity contribution in [2.24, 2.45) is 0 Å². The Hall–Kier alpha value is -2.11. The van der Waals surface area contributed by atoms with Crippen molar-refractivity contribution in [1.29, 1.82) is 0 Å². The van der Waals surface area contributed by atoms with Gasteiger partial charge in [-0.15, -0.1) is 6.58 Å². The van der Waals surface area contributed by atoms with Gasteiger partial charge < -0.3 is 0 Å². The SMILES string of the molecule is C=CCN1CCCC2c3ccc(NS(=O)(=O)c4ccc(C(C)C)cc4)cc3CCC21. The van der Waals surface area contributed by atoms with E-state index in [4.69, 9.17) is 0 Å². The molecule has 1 heterocycles. The van der Waals surface area contributed by atoms with E-state index in [1.807, 2.05) is 30.3 Å². The van der Waals surface area contributed by atoms with Gasteiger partial charge in [-0.25, -0.2) is 8.42 Å². The number of piperidine rings is 1. The van der Waals surface area contributed by atoms with Crippen LogP contribution in [0.1, 0.15) is 61.6 Å². The van der Waals surface area contributed by atoms with Crippen LogP contribution < -0.4 is 4.72 Å². The number of aryl methyl sites for hydroxylation is 1. The van der Waals surface area contributed by atoms with Crippen molar-refractivity contribution in [3.63, 3.8) is 0 Å². The molecule has 0 aromatic heterocycles. The molecule has 0 amide bonds. The molecule has 1 fully saturated rings. The van der Waals surface area contributed by atoms with E-state index in [0.717, 1.165) is 31.5 Å². The molecule has 160 valence electrons. The van der Waals surface area contributed by atoms with E-state index in [2.05, 4.69) is 36.1 Å². The summed E-state index contributed by atoms with van der Waals surface area (Å²) in [7, 11) is -3.59. The molecule has 0 radical (unpaired) electrons. The van der Waals surface area contributed by atoms with Gasteiger partial charge in [0, 0.05) is 18.3 Å². The van der Waals surface area contributed by atoms with Crippen molar-refractivity contribution in [2.75, 3.05) is 17.8 Å². The quantitative estimate of drug-likeness (QED) is 0.641. The lowest BCUT2D eigenvalue weighted by molar-refractivity contribution is 0.126. The molecule has 2 aliphatic rings. The van der Waals surface area contributed by atoms with Crippen molar-refractivity contribution >= 4 is 15.7 Å². The van der Waals surface area contributed by atoms with Gasteiger partial charge in [0.25, 0.3) is 10.0 Å². The molecule has 4 nitrogen and oxygen atoms in total. The van der Waals surface area contributed by atoms with Crippen LogP contribution in [0.3, 0.4) is 0 Å². The Bertz CT molecular complexity index is 1010. The first-order valence-electron chi connectivity index (χ1n) is 11.0. The number of hydrogen-bond acceptors (Lipinski definition) is 3. The van der Waals surface area contributed by atoms with E-state index in [9.17, 15) is 8.42 Å². The zero-order chi connectivity index (χ0) is 21.3. The minimum Gasteiger partial charge on any atom is -0.296 e. The van der Waals surface area contributed by atoms with Crippen molar-refractivity contribution in [3.05, 3.63) is 71.8 Å². The smallest absolute Gasteiger partial charge is 0.261 e. The van der Waals surface area contributed by atoms with Crippen molar-refractivity contribution < 1.29 is 8.42 Å². The van der Waals surface area contributed by atoms with E-state index in [-0.39, 0.29) is 0 Å². The zero-order valence-electron chi connectivity index (χ0n) is 18.0. The van der Waals surface area contributed by atoms with E-state index in [1.54, 1.807) is 12.1 Å². The molecular formula is C25H32N2O2S.